The fourth-order valence-corrected chi connectivity index (χ4v) is 4.47. The average Bonchev–Trinajstić information content (AvgIpc) is 2.68. The van der Waals surface area contributed by atoms with E-state index in [1.807, 2.05) is 6.92 Å². The molecule has 22 heavy (non-hydrogen) atoms. The highest BCUT2D eigenvalue weighted by atomic mass is 32.2. The van der Waals surface area contributed by atoms with Crippen LogP contribution in [0.5, 0.6) is 0 Å². The summed E-state index contributed by atoms with van der Waals surface area (Å²) >= 11 is 0. The molecule has 0 aliphatic carbocycles. The van der Waals surface area contributed by atoms with Gasteiger partial charge in [0, 0.05) is 25.7 Å². The lowest BCUT2D eigenvalue weighted by molar-refractivity contribution is 0.423. The number of rotatable bonds is 3. The summed E-state index contributed by atoms with van der Waals surface area (Å²) in [5.74, 6) is -0.457. The number of aryl methyl sites for hydroxylation is 1. The van der Waals surface area contributed by atoms with Crippen LogP contribution in [0.1, 0.15) is 32.6 Å². The molecule has 1 aromatic heterocycles. The van der Waals surface area contributed by atoms with Crippen molar-refractivity contribution in [3.63, 3.8) is 0 Å². The van der Waals surface area contributed by atoms with Crippen molar-refractivity contribution in [3.05, 3.63) is 28.7 Å². The van der Waals surface area contributed by atoms with E-state index in [-0.39, 0.29) is 4.90 Å². The number of aromatic nitrogens is 1. The van der Waals surface area contributed by atoms with Crippen molar-refractivity contribution < 1.29 is 12.8 Å². The largest absolute Gasteiger partial charge is 0.419 e. The van der Waals surface area contributed by atoms with Gasteiger partial charge in [-0.25, -0.2) is 13.2 Å². The molecular formula is C15H20N2O4S. The predicted molar refractivity (Wildman–Crippen MR) is 83.4 cm³/mol. The molecule has 0 radical (unpaired) electrons. The van der Waals surface area contributed by atoms with E-state index in [9.17, 15) is 13.2 Å². The van der Waals surface area contributed by atoms with Crippen LogP contribution >= 0.6 is 0 Å². The molecule has 7 heteroatoms. The van der Waals surface area contributed by atoms with Crippen molar-refractivity contribution in [2.75, 3.05) is 13.1 Å². The lowest BCUT2D eigenvalue weighted by Gasteiger charge is -2.19. The molecule has 0 atom stereocenters. The lowest BCUT2D eigenvalue weighted by Crippen LogP contribution is -2.31. The third-order valence-electron chi connectivity index (χ3n) is 4.16. The first-order chi connectivity index (χ1) is 10.5. The molecular weight excluding hydrogens is 304 g/mol. The number of benzene rings is 1. The molecule has 1 saturated heterocycles. The number of sulfonamides is 1. The van der Waals surface area contributed by atoms with Crippen molar-refractivity contribution in [2.45, 2.75) is 44.0 Å². The number of oxazole rings is 1. The summed E-state index contributed by atoms with van der Waals surface area (Å²) in [5, 5.41) is 0. The van der Waals surface area contributed by atoms with E-state index in [0.29, 0.717) is 30.7 Å². The smallest absolute Gasteiger partial charge is 0.408 e. The highest BCUT2D eigenvalue weighted by molar-refractivity contribution is 7.89. The minimum absolute atomic E-state index is 0.193. The van der Waals surface area contributed by atoms with Crippen LogP contribution in [0.3, 0.4) is 0 Å². The maximum absolute atomic E-state index is 12.7. The summed E-state index contributed by atoms with van der Waals surface area (Å²) in [6.07, 6.45) is 3.92. The van der Waals surface area contributed by atoms with Gasteiger partial charge in [-0.15, -0.1) is 0 Å². The minimum Gasteiger partial charge on any atom is -0.408 e. The molecule has 1 aliphatic rings. The van der Waals surface area contributed by atoms with Crippen LogP contribution in [0.4, 0.5) is 0 Å². The molecule has 0 spiro atoms. The maximum atomic E-state index is 12.7. The zero-order chi connectivity index (χ0) is 15.7. The molecule has 1 aliphatic heterocycles. The highest BCUT2D eigenvalue weighted by Gasteiger charge is 2.26. The third kappa shape index (κ3) is 2.59. The van der Waals surface area contributed by atoms with Crippen LogP contribution in [0.2, 0.25) is 0 Å². The average molecular weight is 324 g/mol. The number of hydrogen-bond donors (Lipinski definition) is 0. The zero-order valence-corrected chi connectivity index (χ0v) is 13.4. The van der Waals surface area contributed by atoms with Gasteiger partial charge in [0.25, 0.3) is 0 Å². The maximum Gasteiger partial charge on any atom is 0.419 e. The first-order valence-corrected chi connectivity index (χ1v) is 9.11. The Labute approximate surface area is 129 Å². The molecule has 6 nitrogen and oxygen atoms in total. The topological polar surface area (TPSA) is 72.5 Å². The van der Waals surface area contributed by atoms with Crippen LogP contribution in [-0.2, 0) is 16.6 Å². The van der Waals surface area contributed by atoms with Crippen molar-refractivity contribution in [2.24, 2.45) is 0 Å². The van der Waals surface area contributed by atoms with Gasteiger partial charge in [-0.3, -0.25) is 4.57 Å². The third-order valence-corrected chi connectivity index (χ3v) is 6.05. The Balaban J connectivity index is 2.03. The van der Waals surface area contributed by atoms with E-state index in [1.165, 1.54) is 14.9 Å². The molecule has 0 amide bonds. The summed E-state index contributed by atoms with van der Waals surface area (Å²) in [5.41, 5.74) is 0.949. The Bertz CT molecular complexity index is 827. The van der Waals surface area contributed by atoms with E-state index in [0.717, 1.165) is 25.7 Å². The fourth-order valence-electron chi connectivity index (χ4n) is 2.94. The summed E-state index contributed by atoms with van der Waals surface area (Å²) in [4.78, 5) is 11.9. The number of fused-ring (bicyclic) bond motifs is 1. The molecule has 0 N–H and O–H groups in total. The first kappa shape index (κ1) is 15.3. The summed E-state index contributed by atoms with van der Waals surface area (Å²) in [7, 11) is -3.53. The normalized spacial score (nSPS) is 17.7. The van der Waals surface area contributed by atoms with E-state index in [4.69, 9.17) is 4.42 Å². The second-order valence-corrected chi connectivity index (χ2v) is 7.50. The summed E-state index contributed by atoms with van der Waals surface area (Å²) in [6, 6.07) is 4.67. The molecule has 1 fully saturated rings. The predicted octanol–water partition coefficient (Wildman–Crippen LogP) is 2.18. The van der Waals surface area contributed by atoms with Gasteiger partial charge in [-0.1, -0.05) is 12.8 Å². The Morgan fingerprint density at radius 2 is 1.82 bits per heavy atom. The highest BCUT2D eigenvalue weighted by Crippen LogP contribution is 2.23. The van der Waals surface area contributed by atoms with E-state index >= 15 is 0 Å². The van der Waals surface area contributed by atoms with Crippen LogP contribution < -0.4 is 5.76 Å². The molecule has 0 bridgehead atoms. The van der Waals surface area contributed by atoms with Gasteiger partial charge in [0.2, 0.25) is 10.0 Å². The van der Waals surface area contributed by atoms with Crippen LogP contribution in [-0.4, -0.2) is 30.4 Å². The molecule has 1 aromatic carbocycles. The molecule has 2 aromatic rings. The van der Waals surface area contributed by atoms with Crippen molar-refractivity contribution in [3.8, 4) is 0 Å². The van der Waals surface area contributed by atoms with Crippen LogP contribution in [0.15, 0.2) is 32.3 Å². The molecule has 120 valence electrons. The monoisotopic (exact) mass is 324 g/mol. The van der Waals surface area contributed by atoms with Gasteiger partial charge in [0.05, 0.1) is 10.4 Å². The molecule has 2 heterocycles. The van der Waals surface area contributed by atoms with Gasteiger partial charge < -0.3 is 4.42 Å². The Morgan fingerprint density at radius 3 is 2.45 bits per heavy atom. The molecule has 0 unspecified atom stereocenters. The molecule has 0 saturated carbocycles. The Morgan fingerprint density at radius 1 is 1.14 bits per heavy atom. The van der Waals surface area contributed by atoms with Gasteiger partial charge in [0.1, 0.15) is 0 Å². The first-order valence-electron chi connectivity index (χ1n) is 7.67. The quantitative estimate of drug-likeness (QED) is 0.867. The summed E-state index contributed by atoms with van der Waals surface area (Å²) < 4.78 is 33.7. The second kappa shape index (κ2) is 5.89. The Hall–Kier alpha value is -1.60. The zero-order valence-electron chi connectivity index (χ0n) is 12.6. The van der Waals surface area contributed by atoms with Gasteiger partial charge in [0.15, 0.2) is 5.58 Å². The Kier molecular flexibility index (Phi) is 4.10. The van der Waals surface area contributed by atoms with Crippen molar-refractivity contribution in [1.29, 1.82) is 0 Å². The molecule has 3 rings (SSSR count). The fraction of sp³-hybridized carbons (Fsp3) is 0.533. The van der Waals surface area contributed by atoms with E-state index in [1.54, 1.807) is 12.1 Å². The van der Waals surface area contributed by atoms with Crippen LogP contribution in [0.25, 0.3) is 11.1 Å². The number of nitrogens with zero attached hydrogens (tertiary/aromatic N) is 2. The van der Waals surface area contributed by atoms with E-state index in [2.05, 4.69) is 0 Å². The van der Waals surface area contributed by atoms with Gasteiger partial charge >= 0.3 is 5.76 Å². The van der Waals surface area contributed by atoms with Crippen LogP contribution in [0, 0.1) is 0 Å². The van der Waals surface area contributed by atoms with Gasteiger partial charge in [-0.2, -0.15) is 4.31 Å². The second-order valence-electron chi connectivity index (χ2n) is 5.56. The standard InChI is InChI=1S/C15H20N2O4S/c1-2-17-13-8-7-12(11-14(13)21-15(17)18)22(19,20)16-9-5-3-4-6-10-16/h7-8,11H,2-6,9-10H2,1H3. The van der Waals surface area contributed by atoms with E-state index < -0.39 is 15.8 Å². The lowest BCUT2D eigenvalue weighted by atomic mass is 10.2. The minimum atomic E-state index is -3.53. The summed E-state index contributed by atoms with van der Waals surface area (Å²) in [6.45, 7) is 3.45. The SMILES string of the molecule is CCn1c(=O)oc2cc(S(=O)(=O)N3CCCCCC3)ccc21. The van der Waals surface area contributed by atoms with Crippen molar-refractivity contribution >= 4 is 21.1 Å². The number of hydrogen-bond acceptors (Lipinski definition) is 4. The van der Waals surface area contributed by atoms with Crippen molar-refractivity contribution in [1.82, 2.24) is 8.87 Å². The van der Waals surface area contributed by atoms with Gasteiger partial charge in [-0.05, 0) is 31.9 Å².